The third kappa shape index (κ3) is 0.995. The molecule has 2 bridgehead atoms. The SMILES string of the molecule is FC(F)(F)C1=C[C@@H]2O[C@H]1[C@H]1COC[C@H]12. The van der Waals surface area contributed by atoms with Gasteiger partial charge in [0.05, 0.1) is 31.0 Å². The highest BCUT2D eigenvalue weighted by atomic mass is 19.4. The quantitative estimate of drug-likeness (QED) is 0.559. The number of fused-ring (bicyclic) bond motifs is 5. The van der Waals surface area contributed by atoms with E-state index in [1.54, 1.807) is 0 Å². The highest BCUT2D eigenvalue weighted by Gasteiger charge is 2.57. The van der Waals surface area contributed by atoms with Crippen LogP contribution in [0.2, 0.25) is 0 Å². The van der Waals surface area contributed by atoms with Crippen LogP contribution in [-0.2, 0) is 9.47 Å². The molecule has 78 valence electrons. The molecule has 3 rings (SSSR count). The lowest BCUT2D eigenvalue weighted by Crippen LogP contribution is -2.31. The van der Waals surface area contributed by atoms with Crippen LogP contribution in [-0.4, -0.2) is 31.6 Å². The van der Waals surface area contributed by atoms with Crippen LogP contribution in [0.5, 0.6) is 0 Å². The number of alkyl halides is 3. The summed E-state index contributed by atoms with van der Waals surface area (Å²) in [5.74, 6) is 0.0627. The molecule has 0 unspecified atom stereocenters. The van der Waals surface area contributed by atoms with E-state index in [4.69, 9.17) is 9.47 Å². The van der Waals surface area contributed by atoms with E-state index >= 15 is 0 Å². The molecule has 4 atom stereocenters. The summed E-state index contributed by atoms with van der Waals surface area (Å²) in [4.78, 5) is 0. The second-order valence-corrected chi connectivity index (χ2v) is 4.01. The standard InChI is InChI=1S/C9H9F3O2/c10-9(11,12)6-1-7-4-2-13-3-5(4)8(6)14-7/h1,4-5,7-8H,2-3H2/t4-,5+,7+,8+/m1/s1. The lowest BCUT2D eigenvalue weighted by atomic mass is 9.82. The van der Waals surface area contributed by atoms with E-state index in [-0.39, 0.29) is 17.9 Å². The Hall–Kier alpha value is -0.550. The van der Waals surface area contributed by atoms with Crippen molar-refractivity contribution in [1.29, 1.82) is 0 Å². The molecule has 2 nitrogen and oxygen atoms in total. The van der Waals surface area contributed by atoms with Gasteiger partial charge < -0.3 is 9.47 Å². The van der Waals surface area contributed by atoms with Gasteiger partial charge in [0.1, 0.15) is 0 Å². The number of halogens is 3. The molecule has 0 aromatic carbocycles. The van der Waals surface area contributed by atoms with Crippen LogP contribution in [0.15, 0.2) is 11.6 Å². The van der Waals surface area contributed by atoms with Gasteiger partial charge in [0.25, 0.3) is 0 Å². The summed E-state index contributed by atoms with van der Waals surface area (Å²) in [5.41, 5.74) is -0.505. The summed E-state index contributed by atoms with van der Waals surface area (Å²) < 4.78 is 47.9. The summed E-state index contributed by atoms with van der Waals surface area (Å²) in [6.45, 7) is 0.937. The van der Waals surface area contributed by atoms with Crippen molar-refractivity contribution in [2.45, 2.75) is 18.4 Å². The Labute approximate surface area is 78.7 Å². The Morgan fingerprint density at radius 2 is 1.93 bits per heavy atom. The lowest BCUT2D eigenvalue weighted by molar-refractivity contribution is -0.106. The molecule has 2 fully saturated rings. The van der Waals surface area contributed by atoms with Crippen LogP contribution < -0.4 is 0 Å². The average molecular weight is 206 g/mol. The van der Waals surface area contributed by atoms with Gasteiger partial charge in [-0.1, -0.05) is 0 Å². The smallest absolute Gasteiger partial charge is 0.381 e. The Morgan fingerprint density at radius 3 is 2.64 bits per heavy atom. The predicted molar refractivity (Wildman–Crippen MR) is 40.6 cm³/mol. The second kappa shape index (κ2) is 2.52. The highest BCUT2D eigenvalue weighted by molar-refractivity contribution is 5.29. The third-order valence-corrected chi connectivity index (χ3v) is 3.26. The average Bonchev–Trinajstić information content (AvgIpc) is 2.74. The maximum atomic E-state index is 12.5. The van der Waals surface area contributed by atoms with Gasteiger partial charge >= 0.3 is 6.18 Å². The van der Waals surface area contributed by atoms with Gasteiger partial charge in [0.2, 0.25) is 0 Å². The Morgan fingerprint density at radius 1 is 1.21 bits per heavy atom. The summed E-state index contributed by atoms with van der Waals surface area (Å²) in [7, 11) is 0. The Bertz CT molecular complexity index is 297. The predicted octanol–water partition coefficient (Wildman–Crippen LogP) is 1.52. The zero-order valence-corrected chi connectivity index (χ0v) is 7.25. The van der Waals surface area contributed by atoms with Gasteiger partial charge in [-0.2, -0.15) is 13.2 Å². The van der Waals surface area contributed by atoms with E-state index in [0.29, 0.717) is 13.2 Å². The fourth-order valence-electron chi connectivity index (χ4n) is 2.60. The van der Waals surface area contributed by atoms with Crippen LogP contribution in [0.1, 0.15) is 0 Å². The zero-order chi connectivity index (χ0) is 9.92. The largest absolute Gasteiger partial charge is 0.414 e. The van der Waals surface area contributed by atoms with Gasteiger partial charge in [-0.25, -0.2) is 0 Å². The third-order valence-electron chi connectivity index (χ3n) is 3.26. The van der Waals surface area contributed by atoms with Crippen LogP contribution in [0.25, 0.3) is 0 Å². The Kier molecular flexibility index (Phi) is 1.57. The normalized spacial score (nSPS) is 45.5. The first-order chi connectivity index (χ1) is 6.57. The van der Waals surface area contributed by atoms with Crippen LogP contribution in [0.4, 0.5) is 13.2 Å². The molecule has 0 aromatic heterocycles. The van der Waals surface area contributed by atoms with E-state index in [1.165, 1.54) is 6.08 Å². The molecule has 2 saturated heterocycles. The summed E-state index contributed by atoms with van der Waals surface area (Å²) in [6, 6.07) is 0. The van der Waals surface area contributed by atoms with Crippen LogP contribution >= 0.6 is 0 Å². The highest BCUT2D eigenvalue weighted by Crippen LogP contribution is 2.50. The van der Waals surface area contributed by atoms with Crippen molar-refractivity contribution >= 4 is 0 Å². The van der Waals surface area contributed by atoms with Crippen molar-refractivity contribution < 1.29 is 22.6 Å². The van der Waals surface area contributed by atoms with Gasteiger partial charge in [-0.15, -0.1) is 0 Å². The van der Waals surface area contributed by atoms with Crippen molar-refractivity contribution in [2.75, 3.05) is 13.2 Å². The molecule has 5 heteroatoms. The van der Waals surface area contributed by atoms with Gasteiger partial charge in [-0.05, 0) is 6.08 Å². The molecule has 3 aliphatic heterocycles. The molecule has 0 spiro atoms. The summed E-state index contributed by atoms with van der Waals surface area (Å²) in [5, 5.41) is 0. The monoisotopic (exact) mass is 206 g/mol. The van der Waals surface area contributed by atoms with Crippen LogP contribution in [0.3, 0.4) is 0 Å². The summed E-state index contributed by atoms with van der Waals surface area (Å²) in [6.07, 6.45) is -4.16. The molecule has 0 N–H and O–H groups in total. The minimum Gasteiger partial charge on any atom is -0.381 e. The zero-order valence-electron chi connectivity index (χ0n) is 7.25. The van der Waals surface area contributed by atoms with Gasteiger partial charge in [-0.3, -0.25) is 0 Å². The first-order valence-corrected chi connectivity index (χ1v) is 4.59. The number of rotatable bonds is 0. The molecular weight excluding hydrogens is 197 g/mol. The summed E-state index contributed by atoms with van der Waals surface area (Å²) >= 11 is 0. The molecule has 0 amide bonds. The fourth-order valence-corrected chi connectivity index (χ4v) is 2.60. The molecule has 0 saturated carbocycles. The van der Waals surface area contributed by atoms with Gasteiger partial charge in [0, 0.05) is 11.8 Å². The number of hydrogen-bond acceptors (Lipinski definition) is 2. The molecule has 0 aliphatic carbocycles. The van der Waals surface area contributed by atoms with Crippen molar-refractivity contribution in [3.05, 3.63) is 11.6 Å². The second-order valence-electron chi connectivity index (χ2n) is 4.01. The van der Waals surface area contributed by atoms with Gasteiger partial charge in [0.15, 0.2) is 0 Å². The first kappa shape index (κ1) is 8.73. The molecular formula is C9H9F3O2. The minimum atomic E-state index is -4.24. The van der Waals surface area contributed by atoms with Crippen molar-refractivity contribution in [2.24, 2.45) is 11.8 Å². The molecule has 3 aliphatic rings. The lowest BCUT2D eigenvalue weighted by Gasteiger charge is -2.21. The van der Waals surface area contributed by atoms with Crippen molar-refractivity contribution in [3.63, 3.8) is 0 Å². The maximum absolute atomic E-state index is 12.5. The van der Waals surface area contributed by atoms with Crippen LogP contribution in [0, 0.1) is 11.8 Å². The molecule has 0 radical (unpaired) electrons. The first-order valence-electron chi connectivity index (χ1n) is 4.59. The Balaban J connectivity index is 1.93. The molecule has 14 heavy (non-hydrogen) atoms. The molecule has 3 heterocycles. The van der Waals surface area contributed by atoms with Crippen molar-refractivity contribution in [3.8, 4) is 0 Å². The van der Waals surface area contributed by atoms with E-state index in [9.17, 15) is 13.2 Å². The minimum absolute atomic E-state index is 0.0818. The topological polar surface area (TPSA) is 18.5 Å². The number of ether oxygens (including phenoxy) is 2. The fraction of sp³-hybridized carbons (Fsp3) is 0.778. The van der Waals surface area contributed by atoms with E-state index in [2.05, 4.69) is 0 Å². The van der Waals surface area contributed by atoms with E-state index < -0.39 is 17.9 Å². The molecule has 0 aromatic rings. The van der Waals surface area contributed by atoms with E-state index in [0.717, 1.165) is 0 Å². The van der Waals surface area contributed by atoms with Crippen molar-refractivity contribution in [1.82, 2.24) is 0 Å². The maximum Gasteiger partial charge on any atom is 0.414 e. The number of hydrogen-bond donors (Lipinski definition) is 0. The van der Waals surface area contributed by atoms with E-state index in [1.807, 2.05) is 0 Å².